The van der Waals surface area contributed by atoms with Crippen LogP contribution in [0.1, 0.15) is 17.2 Å². The highest BCUT2D eigenvalue weighted by Crippen LogP contribution is 2.32. The van der Waals surface area contributed by atoms with Crippen LogP contribution in [0.15, 0.2) is 41.4 Å². The summed E-state index contributed by atoms with van der Waals surface area (Å²) in [5.41, 5.74) is 2.21. The molecule has 1 atom stereocenters. The molecule has 1 heterocycles. The fourth-order valence-electron chi connectivity index (χ4n) is 3.31. The molecule has 0 spiro atoms. The molecule has 0 bridgehead atoms. The molecule has 1 unspecified atom stereocenters. The first-order chi connectivity index (χ1) is 14.5. The molecule has 8 nitrogen and oxygen atoms in total. The van der Waals surface area contributed by atoms with Gasteiger partial charge in [0.2, 0.25) is 6.79 Å². The van der Waals surface area contributed by atoms with Crippen LogP contribution in [0, 0.1) is 0 Å². The third-order valence-electron chi connectivity index (χ3n) is 5.00. The van der Waals surface area contributed by atoms with Gasteiger partial charge in [-0.3, -0.25) is 4.99 Å². The summed E-state index contributed by atoms with van der Waals surface area (Å²) in [6.45, 7) is 1.57. The van der Waals surface area contributed by atoms with Crippen molar-refractivity contribution in [3.8, 4) is 23.0 Å². The number of aliphatic imine (C=N–C) groups is 1. The number of likely N-dealkylation sites (N-methyl/N-ethyl adjacent to an activating group) is 1. The van der Waals surface area contributed by atoms with Crippen LogP contribution in [0.25, 0.3) is 0 Å². The zero-order valence-corrected chi connectivity index (χ0v) is 18.2. The number of guanidine groups is 1. The molecule has 3 rings (SSSR count). The van der Waals surface area contributed by atoms with Gasteiger partial charge in [0.15, 0.2) is 29.0 Å². The van der Waals surface area contributed by atoms with Crippen LogP contribution >= 0.6 is 0 Å². The van der Waals surface area contributed by atoms with E-state index in [4.69, 9.17) is 18.9 Å². The number of nitrogens with one attached hydrogen (secondary N) is 2. The molecule has 0 radical (unpaired) electrons. The summed E-state index contributed by atoms with van der Waals surface area (Å²) in [5.74, 6) is 3.71. The van der Waals surface area contributed by atoms with Gasteiger partial charge in [-0.1, -0.05) is 12.1 Å². The standard InChI is InChI=1S/C22H30N4O4/c1-23-22(24-12-15-6-8-19-21(10-15)30-14-29-19)25-13-17(26(2)3)16-7-9-18(27-4)20(11-16)28-5/h6-11,17H,12-14H2,1-5H3,(H2,23,24,25). The van der Waals surface area contributed by atoms with Crippen LogP contribution in [0.5, 0.6) is 23.0 Å². The molecular weight excluding hydrogens is 384 g/mol. The molecule has 0 saturated carbocycles. The van der Waals surface area contributed by atoms with Crippen molar-refractivity contribution in [2.45, 2.75) is 12.6 Å². The Balaban J connectivity index is 1.61. The van der Waals surface area contributed by atoms with Crippen molar-refractivity contribution in [2.75, 3.05) is 48.7 Å². The highest BCUT2D eigenvalue weighted by Gasteiger charge is 2.18. The largest absolute Gasteiger partial charge is 0.493 e. The molecule has 0 amide bonds. The third-order valence-corrected chi connectivity index (χ3v) is 5.00. The van der Waals surface area contributed by atoms with Crippen LogP contribution in [0.3, 0.4) is 0 Å². The van der Waals surface area contributed by atoms with Gasteiger partial charge in [0.25, 0.3) is 0 Å². The van der Waals surface area contributed by atoms with Crippen molar-refractivity contribution in [3.05, 3.63) is 47.5 Å². The first kappa shape index (κ1) is 21.6. The Morgan fingerprint density at radius 2 is 1.80 bits per heavy atom. The number of ether oxygens (including phenoxy) is 4. The van der Waals surface area contributed by atoms with E-state index in [0.717, 1.165) is 28.6 Å². The molecule has 2 aromatic rings. The second-order valence-electron chi connectivity index (χ2n) is 7.09. The maximum absolute atomic E-state index is 5.45. The van der Waals surface area contributed by atoms with Gasteiger partial charge in [0.1, 0.15) is 0 Å². The molecule has 1 aliphatic heterocycles. The summed E-state index contributed by atoms with van der Waals surface area (Å²) in [6, 6.07) is 12.0. The Morgan fingerprint density at radius 3 is 2.50 bits per heavy atom. The van der Waals surface area contributed by atoms with Gasteiger partial charge in [-0.15, -0.1) is 0 Å². The molecule has 162 valence electrons. The Morgan fingerprint density at radius 1 is 1.03 bits per heavy atom. The third kappa shape index (κ3) is 5.07. The number of rotatable bonds is 8. The lowest BCUT2D eigenvalue weighted by Gasteiger charge is -2.26. The van der Waals surface area contributed by atoms with Crippen molar-refractivity contribution in [2.24, 2.45) is 4.99 Å². The molecule has 2 N–H and O–H groups in total. The van der Waals surface area contributed by atoms with Crippen LogP contribution in [-0.4, -0.2) is 59.6 Å². The number of nitrogens with zero attached hydrogens (tertiary/aromatic N) is 2. The number of fused-ring (bicyclic) bond motifs is 1. The average molecular weight is 415 g/mol. The van der Waals surface area contributed by atoms with E-state index in [2.05, 4.69) is 26.6 Å². The summed E-state index contributed by atoms with van der Waals surface area (Å²) in [5, 5.41) is 6.75. The topological polar surface area (TPSA) is 76.6 Å². The van der Waals surface area contributed by atoms with E-state index in [1.165, 1.54) is 0 Å². The van der Waals surface area contributed by atoms with Crippen LogP contribution in [-0.2, 0) is 6.54 Å². The SMILES string of the molecule is CN=C(NCc1ccc2c(c1)OCO2)NCC(c1ccc(OC)c(OC)c1)N(C)C. The zero-order valence-electron chi connectivity index (χ0n) is 18.2. The van der Waals surface area contributed by atoms with Gasteiger partial charge in [-0.25, -0.2) is 0 Å². The van der Waals surface area contributed by atoms with E-state index < -0.39 is 0 Å². The van der Waals surface area contributed by atoms with Gasteiger partial charge >= 0.3 is 0 Å². The maximum Gasteiger partial charge on any atom is 0.231 e. The second-order valence-corrected chi connectivity index (χ2v) is 7.09. The summed E-state index contributed by atoms with van der Waals surface area (Å²) in [4.78, 5) is 6.49. The minimum absolute atomic E-state index is 0.119. The predicted octanol–water partition coefficient (Wildman–Crippen LogP) is 2.40. The lowest BCUT2D eigenvalue weighted by Crippen LogP contribution is -2.41. The smallest absolute Gasteiger partial charge is 0.231 e. The molecule has 0 fully saturated rings. The first-order valence-corrected chi connectivity index (χ1v) is 9.77. The van der Waals surface area contributed by atoms with Crippen LogP contribution < -0.4 is 29.6 Å². The van der Waals surface area contributed by atoms with Crippen molar-refractivity contribution >= 4 is 5.96 Å². The summed E-state index contributed by atoms with van der Waals surface area (Å²) < 4.78 is 21.6. The normalized spacial score (nSPS) is 13.9. The fraction of sp³-hybridized carbons (Fsp3) is 0.409. The fourth-order valence-corrected chi connectivity index (χ4v) is 3.31. The van der Waals surface area contributed by atoms with E-state index in [1.807, 2.05) is 44.4 Å². The maximum atomic E-state index is 5.45. The van der Waals surface area contributed by atoms with Gasteiger partial charge in [-0.2, -0.15) is 0 Å². The highest BCUT2D eigenvalue weighted by molar-refractivity contribution is 5.79. The number of benzene rings is 2. The summed E-state index contributed by atoms with van der Waals surface area (Å²) in [7, 11) is 9.14. The lowest BCUT2D eigenvalue weighted by molar-refractivity contribution is 0.174. The summed E-state index contributed by atoms with van der Waals surface area (Å²) >= 11 is 0. The Hall–Kier alpha value is -3.13. The highest BCUT2D eigenvalue weighted by atomic mass is 16.7. The van der Waals surface area contributed by atoms with Crippen molar-refractivity contribution in [3.63, 3.8) is 0 Å². The number of hydrogen-bond donors (Lipinski definition) is 2. The monoisotopic (exact) mass is 414 g/mol. The van der Waals surface area contributed by atoms with Crippen LogP contribution in [0.4, 0.5) is 0 Å². The minimum Gasteiger partial charge on any atom is -0.493 e. The van der Waals surface area contributed by atoms with Crippen molar-refractivity contribution < 1.29 is 18.9 Å². The molecule has 0 aliphatic carbocycles. The first-order valence-electron chi connectivity index (χ1n) is 9.77. The van der Waals surface area contributed by atoms with Crippen molar-refractivity contribution in [1.29, 1.82) is 0 Å². The predicted molar refractivity (Wildman–Crippen MR) is 117 cm³/mol. The van der Waals surface area contributed by atoms with E-state index in [0.29, 0.717) is 24.6 Å². The average Bonchev–Trinajstić information content (AvgIpc) is 3.23. The Kier molecular flexibility index (Phi) is 7.24. The van der Waals surface area contributed by atoms with Gasteiger partial charge in [0, 0.05) is 20.1 Å². The van der Waals surface area contributed by atoms with E-state index in [9.17, 15) is 0 Å². The van der Waals surface area contributed by atoms with Crippen LogP contribution in [0.2, 0.25) is 0 Å². The van der Waals surface area contributed by atoms with E-state index >= 15 is 0 Å². The molecule has 0 aromatic heterocycles. The van der Waals surface area contributed by atoms with E-state index in [-0.39, 0.29) is 12.8 Å². The van der Waals surface area contributed by atoms with Gasteiger partial charge in [0.05, 0.1) is 20.3 Å². The number of methoxy groups -OCH3 is 2. The lowest BCUT2D eigenvalue weighted by atomic mass is 10.1. The van der Waals surface area contributed by atoms with Gasteiger partial charge in [-0.05, 0) is 49.5 Å². The second kappa shape index (κ2) is 10.1. The molecule has 2 aromatic carbocycles. The van der Waals surface area contributed by atoms with Gasteiger partial charge < -0.3 is 34.5 Å². The molecule has 0 saturated heterocycles. The minimum atomic E-state index is 0.119. The molecule has 30 heavy (non-hydrogen) atoms. The quantitative estimate of drug-likeness (QED) is 0.507. The molecular formula is C22H30N4O4. The number of hydrogen-bond acceptors (Lipinski definition) is 6. The molecule has 1 aliphatic rings. The van der Waals surface area contributed by atoms with E-state index in [1.54, 1.807) is 21.3 Å². The Bertz CT molecular complexity index is 885. The Labute approximate surface area is 177 Å². The summed E-state index contributed by atoms with van der Waals surface area (Å²) in [6.07, 6.45) is 0. The van der Waals surface area contributed by atoms with Crippen molar-refractivity contribution in [1.82, 2.24) is 15.5 Å². The molecule has 8 heteroatoms. The zero-order chi connectivity index (χ0) is 21.5.